The summed E-state index contributed by atoms with van der Waals surface area (Å²) in [5.41, 5.74) is 4.27. The Labute approximate surface area is 118 Å². The first-order chi connectivity index (χ1) is 8.79. The first-order valence-electron chi connectivity index (χ1n) is 6.85. The minimum atomic E-state index is 0.374. The number of hydrogen-bond acceptors (Lipinski definition) is 3. The summed E-state index contributed by atoms with van der Waals surface area (Å²) in [6.07, 6.45) is 12.8. The van der Waals surface area contributed by atoms with E-state index in [1.165, 1.54) is 44.1 Å². The molecule has 2 rings (SSSR count). The zero-order valence-electron chi connectivity index (χ0n) is 10.7. The maximum absolute atomic E-state index is 5.76. The highest BCUT2D eigenvalue weighted by Crippen LogP contribution is 2.27. The Morgan fingerprint density at radius 2 is 2.00 bits per heavy atom. The van der Waals surface area contributed by atoms with Gasteiger partial charge in [0.25, 0.3) is 0 Å². The van der Waals surface area contributed by atoms with Gasteiger partial charge in [-0.1, -0.05) is 25.7 Å². The summed E-state index contributed by atoms with van der Waals surface area (Å²) >= 11 is 3.47. The Morgan fingerprint density at radius 3 is 2.61 bits per heavy atom. The molecule has 0 amide bonds. The van der Waals surface area contributed by atoms with Crippen molar-refractivity contribution in [1.29, 1.82) is 0 Å². The number of hydrogen-bond donors (Lipinski definition) is 2. The van der Waals surface area contributed by atoms with Gasteiger partial charge < -0.3 is 0 Å². The highest BCUT2D eigenvalue weighted by Gasteiger charge is 2.22. The van der Waals surface area contributed by atoms with Crippen molar-refractivity contribution in [3.05, 3.63) is 28.5 Å². The number of pyridine rings is 1. The van der Waals surface area contributed by atoms with E-state index in [0.29, 0.717) is 12.0 Å². The fraction of sp³-hybridized carbons (Fsp3) is 0.643. The zero-order chi connectivity index (χ0) is 12.8. The van der Waals surface area contributed by atoms with Gasteiger partial charge in [-0.25, -0.2) is 0 Å². The second kappa shape index (κ2) is 7.22. The van der Waals surface area contributed by atoms with E-state index in [-0.39, 0.29) is 0 Å². The van der Waals surface area contributed by atoms with Crippen LogP contribution in [0.5, 0.6) is 0 Å². The third-order valence-electron chi connectivity index (χ3n) is 3.90. The van der Waals surface area contributed by atoms with Crippen molar-refractivity contribution in [2.24, 2.45) is 11.8 Å². The lowest BCUT2D eigenvalue weighted by molar-refractivity contribution is 0.320. The van der Waals surface area contributed by atoms with E-state index in [2.05, 4.69) is 32.4 Å². The summed E-state index contributed by atoms with van der Waals surface area (Å²) in [4.78, 5) is 4.22. The topological polar surface area (TPSA) is 50.9 Å². The van der Waals surface area contributed by atoms with E-state index in [1.807, 2.05) is 12.4 Å². The Balaban J connectivity index is 1.99. The molecule has 1 saturated carbocycles. The Hall–Kier alpha value is -0.450. The molecule has 1 aliphatic carbocycles. The number of aromatic nitrogens is 1. The predicted octanol–water partition coefficient (Wildman–Crippen LogP) is 3.19. The van der Waals surface area contributed by atoms with Gasteiger partial charge >= 0.3 is 0 Å². The molecule has 1 aromatic rings. The Kier molecular flexibility index (Phi) is 5.60. The van der Waals surface area contributed by atoms with E-state index in [4.69, 9.17) is 5.84 Å². The molecule has 0 spiro atoms. The quantitative estimate of drug-likeness (QED) is 0.510. The average Bonchev–Trinajstić information content (AvgIpc) is 2.65. The number of nitrogens with one attached hydrogen (secondary N) is 1. The lowest BCUT2D eigenvalue weighted by Crippen LogP contribution is -2.42. The van der Waals surface area contributed by atoms with Gasteiger partial charge in [0.05, 0.1) is 0 Å². The Morgan fingerprint density at radius 1 is 1.28 bits per heavy atom. The molecule has 1 fully saturated rings. The van der Waals surface area contributed by atoms with Crippen LogP contribution < -0.4 is 11.3 Å². The van der Waals surface area contributed by atoms with E-state index in [9.17, 15) is 0 Å². The molecule has 1 aliphatic rings. The summed E-state index contributed by atoms with van der Waals surface area (Å²) in [5.74, 6) is 6.46. The Bertz CT molecular complexity index is 362. The highest BCUT2D eigenvalue weighted by molar-refractivity contribution is 9.10. The highest BCUT2D eigenvalue weighted by atomic mass is 79.9. The number of rotatable bonds is 4. The van der Waals surface area contributed by atoms with Gasteiger partial charge in [-0.15, -0.1) is 0 Å². The van der Waals surface area contributed by atoms with Crippen LogP contribution >= 0.6 is 15.9 Å². The van der Waals surface area contributed by atoms with Gasteiger partial charge in [0.2, 0.25) is 0 Å². The van der Waals surface area contributed by atoms with Crippen LogP contribution in [0, 0.1) is 5.92 Å². The van der Waals surface area contributed by atoms with E-state index >= 15 is 0 Å². The van der Waals surface area contributed by atoms with Gasteiger partial charge in [-0.3, -0.25) is 16.3 Å². The normalized spacial score (nSPS) is 19.4. The lowest BCUT2D eigenvalue weighted by Gasteiger charge is -2.25. The molecule has 0 saturated heterocycles. The number of nitrogens with two attached hydrogens (primary N) is 1. The van der Waals surface area contributed by atoms with Crippen LogP contribution in [0.1, 0.15) is 44.1 Å². The summed E-state index contributed by atoms with van der Waals surface area (Å²) < 4.78 is 1.04. The summed E-state index contributed by atoms with van der Waals surface area (Å²) in [5, 5.41) is 0. The molecular formula is C14H22BrN3. The smallest absolute Gasteiger partial charge is 0.0410 e. The first-order valence-corrected chi connectivity index (χ1v) is 7.64. The SMILES string of the molecule is NNC(Cc1cncc(Br)c1)C1CCCCCC1. The maximum Gasteiger partial charge on any atom is 0.0410 e. The van der Waals surface area contributed by atoms with E-state index in [0.717, 1.165) is 10.9 Å². The molecule has 0 bridgehead atoms. The van der Waals surface area contributed by atoms with Crippen molar-refractivity contribution >= 4 is 15.9 Å². The minimum absolute atomic E-state index is 0.374. The van der Waals surface area contributed by atoms with Crippen LogP contribution in [0.2, 0.25) is 0 Å². The molecule has 18 heavy (non-hydrogen) atoms. The van der Waals surface area contributed by atoms with Crippen molar-refractivity contribution in [3.8, 4) is 0 Å². The molecule has 1 unspecified atom stereocenters. The molecule has 0 radical (unpaired) electrons. The zero-order valence-corrected chi connectivity index (χ0v) is 12.3. The van der Waals surface area contributed by atoms with Crippen LogP contribution in [-0.4, -0.2) is 11.0 Å². The molecule has 3 nitrogen and oxygen atoms in total. The van der Waals surface area contributed by atoms with Gasteiger partial charge in [-0.05, 0) is 52.7 Å². The molecular weight excluding hydrogens is 290 g/mol. The molecule has 0 aromatic carbocycles. The van der Waals surface area contributed by atoms with Crippen LogP contribution in [0.25, 0.3) is 0 Å². The predicted molar refractivity (Wildman–Crippen MR) is 77.9 cm³/mol. The van der Waals surface area contributed by atoms with Gasteiger partial charge in [0.1, 0.15) is 0 Å². The molecule has 1 aromatic heterocycles. The molecule has 0 aliphatic heterocycles. The fourth-order valence-electron chi connectivity index (χ4n) is 2.90. The van der Waals surface area contributed by atoms with Crippen molar-refractivity contribution in [2.45, 2.75) is 51.0 Å². The van der Waals surface area contributed by atoms with Crippen molar-refractivity contribution in [1.82, 2.24) is 10.4 Å². The van der Waals surface area contributed by atoms with Crippen molar-refractivity contribution in [3.63, 3.8) is 0 Å². The number of nitrogens with zero attached hydrogens (tertiary/aromatic N) is 1. The van der Waals surface area contributed by atoms with Crippen LogP contribution in [0.3, 0.4) is 0 Å². The maximum atomic E-state index is 5.76. The van der Waals surface area contributed by atoms with Gasteiger partial charge in [0.15, 0.2) is 0 Å². The first kappa shape index (κ1) is 14.0. The lowest BCUT2D eigenvalue weighted by atomic mass is 9.88. The average molecular weight is 312 g/mol. The van der Waals surface area contributed by atoms with Crippen LogP contribution in [-0.2, 0) is 6.42 Å². The monoisotopic (exact) mass is 311 g/mol. The molecule has 100 valence electrons. The van der Waals surface area contributed by atoms with Crippen molar-refractivity contribution < 1.29 is 0 Å². The third-order valence-corrected chi connectivity index (χ3v) is 4.33. The number of halogens is 1. The van der Waals surface area contributed by atoms with Crippen LogP contribution in [0.15, 0.2) is 22.9 Å². The summed E-state index contributed by atoms with van der Waals surface area (Å²) in [6, 6.07) is 2.51. The van der Waals surface area contributed by atoms with Gasteiger partial charge in [0, 0.05) is 22.9 Å². The molecule has 1 atom stereocenters. The van der Waals surface area contributed by atoms with Crippen LogP contribution in [0.4, 0.5) is 0 Å². The molecule has 3 N–H and O–H groups in total. The summed E-state index contributed by atoms with van der Waals surface area (Å²) in [6.45, 7) is 0. The second-order valence-corrected chi connectivity index (χ2v) is 6.16. The third kappa shape index (κ3) is 4.04. The fourth-order valence-corrected chi connectivity index (χ4v) is 3.31. The second-order valence-electron chi connectivity index (χ2n) is 5.24. The summed E-state index contributed by atoms with van der Waals surface area (Å²) in [7, 11) is 0. The van der Waals surface area contributed by atoms with E-state index < -0.39 is 0 Å². The van der Waals surface area contributed by atoms with E-state index in [1.54, 1.807) is 0 Å². The standard InChI is InChI=1S/C14H22BrN3/c15-13-7-11(9-17-10-13)8-14(18-16)12-5-3-1-2-4-6-12/h7,9-10,12,14,18H,1-6,8,16H2. The van der Waals surface area contributed by atoms with Crippen molar-refractivity contribution in [2.75, 3.05) is 0 Å². The van der Waals surface area contributed by atoms with Gasteiger partial charge in [-0.2, -0.15) is 0 Å². The molecule has 1 heterocycles. The largest absolute Gasteiger partial charge is 0.271 e. The molecule has 4 heteroatoms. The minimum Gasteiger partial charge on any atom is -0.271 e. The number of hydrazine groups is 1.